The topological polar surface area (TPSA) is 67.6 Å². The molecule has 0 amide bonds. The van der Waals surface area contributed by atoms with Gasteiger partial charge in [0.1, 0.15) is 11.6 Å². The van der Waals surface area contributed by atoms with Gasteiger partial charge in [0.2, 0.25) is 0 Å². The second kappa shape index (κ2) is 4.06. The maximum Gasteiger partial charge on any atom is 0.178 e. The van der Waals surface area contributed by atoms with Crippen LogP contribution >= 0.6 is 15.9 Å². The molecule has 0 saturated carbocycles. The molecule has 6 heteroatoms. The number of rotatable bonds is 1. The molecule has 3 aromatic rings. The summed E-state index contributed by atoms with van der Waals surface area (Å²) in [7, 11) is 0. The fourth-order valence-electron chi connectivity index (χ4n) is 1.74. The van der Waals surface area contributed by atoms with E-state index in [4.69, 9.17) is 5.73 Å². The lowest BCUT2D eigenvalue weighted by Gasteiger charge is -2.01. The summed E-state index contributed by atoms with van der Waals surface area (Å²) >= 11 is 3.33. The van der Waals surface area contributed by atoms with Gasteiger partial charge >= 0.3 is 0 Å². The first-order valence-corrected chi connectivity index (χ1v) is 5.99. The van der Waals surface area contributed by atoms with Crippen LogP contribution in [0.1, 0.15) is 0 Å². The van der Waals surface area contributed by atoms with Crippen molar-refractivity contribution in [1.82, 2.24) is 15.0 Å². The Bertz CT molecular complexity index is 738. The summed E-state index contributed by atoms with van der Waals surface area (Å²) in [6.07, 6.45) is 1.65. The van der Waals surface area contributed by atoms with Gasteiger partial charge in [-0.15, -0.1) is 0 Å². The summed E-state index contributed by atoms with van der Waals surface area (Å²) in [6, 6.07) is 6.04. The van der Waals surface area contributed by atoms with Crippen molar-refractivity contribution in [3.63, 3.8) is 0 Å². The number of anilines is 1. The zero-order valence-corrected chi connectivity index (χ0v) is 10.7. The van der Waals surface area contributed by atoms with E-state index in [2.05, 4.69) is 30.9 Å². The van der Waals surface area contributed by atoms with Crippen LogP contribution in [0.25, 0.3) is 22.6 Å². The van der Waals surface area contributed by atoms with Gasteiger partial charge in [-0.25, -0.2) is 14.4 Å². The molecule has 3 N–H and O–H groups in total. The molecule has 1 aromatic carbocycles. The number of nitrogens with two attached hydrogens (primary N) is 1. The summed E-state index contributed by atoms with van der Waals surface area (Å²) in [5.41, 5.74) is 8.15. The van der Waals surface area contributed by atoms with Crippen LogP contribution in [-0.2, 0) is 0 Å². The molecule has 0 bridgehead atoms. The second-order valence-electron chi connectivity index (χ2n) is 3.84. The number of halogens is 2. The number of fused-ring (bicyclic) bond motifs is 1. The Kier molecular flexibility index (Phi) is 2.52. The molecule has 0 fully saturated rings. The minimum absolute atomic E-state index is 0.353. The molecule has 0 aliphatic carbocycles. The SMILES string of the molecule is Nc1ccc(F)cc1-c1nc2ncc(Br)cc2[nH]1. The van der Waals surface area contributed by atoms with E-state index >= 15 is 0 Å². The van der Waals surface area contributed by atoms with Crippen molar-refractivity contribution in [2.24, 2.45) is 0 Å². The third-order valence-corrected chi connectivity index (χ3v) is 3.01. The van der Waals surface area contributed by atoms with Crippen LogP contribution in [0.15, 0.2) is 34.9 Å². The Balaban J connectivity index is 2.22. The monoisotopic (exact) mass is 306 g/mol. The minimum Gasteiger partial charge on any atom is -0.398 e. The van der Waals surface area contributed by atoms with Gasteiger partial charge in [-0.2, -0.15) is 0 Å². The lowest BCUT2D eigenvalue weighted by atomic mass is 10.1. The summed E-state index contributed by atoms with van der Waals surface area (Å²) in [6.45, 7) is 0. The Morgan fingerprint density at radius 2 is 2.11 bits per heavy atom. The van der Waals surface area contributed by atoms with Crippen molar-refractivity contribution in [2.45, 2.75) is 0 Å². The van der Waals surface area contributed by atoms with E-state index in [0.717, 1.165) is 9.99 Å². The fraction of sp³-hybridized carbons (Fsp3) is 0. The van der Waals surface area contributed by atoms with Crippen molar-refractivity contribution >= 4 is 32.8 Å². The normalized spacial score (nSPS) is 11.0. The molecule has 0 radical (unpaired) electrons. The maximum absolute atomic E-state index is 13.2. The van der Waals surface area contributed by atoms with Gasteiger partial charge in [0, 0.05) is 21.9 Å². The van der Waals surface area contributed by atoms with Crippen molar-refractivity contribution in [2.75, 3.05) is 5.73 Å². The number of nitrogens with one attached hydrogen (secondary N) is 1. The zero-order valence-electron chi connectivity index (χ0n) is 9.11. The molecule has 0 spiro atoms. The summed E-state index contributed by atoms with van der Waals surface area (Å²) < 4.78 is 14.1. The van der Waals surface area contributed by atoms with Gasteiger partial charge in [-0.3, -0.25) is 0 Å². The highest BCUT2D eigenvalue weighted by Gasteiger charge is 2.10. The third kappa shape index (κ3) is 1.84. The lowest BCUT2D eigenvalue weighted by Crippen LogP contribution is -1.92. The highest BCUT2D eigenvalue weighted by Crippen LogP contribution is 2.26. The van der Waals surface area contributed by atoms with Crippen LogP contribution in [0.3, 0.4) is 0 Å². The smallest absolute Gasteiger partial charge is 0.178 e. The number of pyridine rings is 1. The molecule has 0 aliphatic heterocycles. The predicted octanol–water partition coefficient (Wildman–Crippen LogP) is 3.11. The van der Waals surface area contributed by atoms with Gasteiger partial charge in [0.05, 0.1) is 5.52 Å². The van der Waals surface area contributed by atoms with Gasteiger partial charge in [-0.1, -0.05) is 0 Å². The first-order chi connectivity index (χ1) is 8.63. The molecule has 0 saturated heterocycles. The Hall–Kier alpha value is -1.95. The second-order valence-corrected chi connectivity index (χ2v) is 4.76. The van der Waals surface area contributed by atoms with Crippen LogP contribution in [0.4, 0.5) is 10.1 Å². The van der Waals surface area contributed by atoms with Crippen molar-refractivity contribution in [3.8, 4) is 11.4 Å². The molecule has 18 heavy (non-hydrogen) atoms. The van der Waals surface area contributed by atoms with E-state index in [1.807, 2.05) is 6.07 Å². The van der Waals surface area contributed by atoms with Crippen LogP contribution in [0.2, 0.25) is 0 Å². The van der Waals surface area contributed by atoms with E-state index in [1.165, 1.54) is 18.2 Å². The number of hydrogen-bond acceptors (Lipinski definition) is 3. The van der Waals surface area contributed by atoms with E-state index in [9.17, 15) is 4.39 Å². The highest BCUT2D eigenvalue weighted by molar-refractivity contribution is 9.10. The lowest BCUT2D eigenvalue weighted by molar-refractivity contribution is 0.628. The summed E-state index contributed by atoms with van der Waals surface area (Å²) in [5, 5.41) is 0. The van der Waals surface area contributed by atoms with Crippen LogP contribution in [-0.4, -0.2) is 15.0 Å². The maximum atomic E-state index is 13.2. The molecule has 4 nitrogen and oxygen atoms in total. The molecular formula is C12H8BrFN4. The minimum atomic E-state index is -0.353. The molecule has 0 unspecified atom stereocenters. The van der Waals surface area contributed by atoms with Gasteiger partial charge < -0.3 is 10.7 Å². The average Bonchev–Trinajstić information content (AvgIpc) is 2.74. The predicted molar refractivity (Wildman–Crippen MR) is 71.4 cm³/mol. The number of nitrogen functional groups attached to an aromatic ring is 1. The molecule has 0 atom stereocenters. The zero-order chi connectivity index (χ0) is 12.7. The van der Waals surface area contributed by atoms with Crippen LogP contribution in [0.5, 0.6) is 0 Å². The number of H-pyrrole nitrogens is 1. The van der Waals surface area contributed by atoms with E-state index in [1.54, 1.807) is 6.20 Å². The van der Waals surface area contributed by atoms with Gasteiger partial charge in [0.25, 0.3) is 0 Å². The van der Waals surface area contributed by atoms with E-state index in [-0.39, 0.29) is 5.82 Å². The van der Waals surface area contributed by atoms with Crippen LogP contribution in [0, 0.1) is 5.82 Å². The fourth-order valence-corrected chi connectivity index (χ4v) is 2.07. The highest BCUT2D eigenvalue weighted by atomic mass is 79.9. The summed E-state index contributed by atoms with van der Waals surface area (Å²) in [5.74, 6) is 0.154. The number of aromatic amines is 1. The van der Waals surface area contributed by atoms with Crippen LogP contribution < -0.4 is 5.73 Å². The first-order valence-electron chi connectivity index (χ1n) is 5.20. The quantitative estimate of drug-likeness (QED) is 0.679. The summed E-state index contributed by atoms with van der Waals surface area (Å²) in [4.78, 5) is 11.5. The Morgan fingerprint density at radius 3 is 2.94 bits per heavy atom. The Labute approximate surface area is 110 Å². The van der Waals surface area contributed by atoms with Gasteiger partial charge in [-0.05, 0) is 40.2 Å². The largest absolute Gasteiger partial charge is 0.398 e. The molecular weight excluding hydrogens is 299 g/mol. The molecule has 2 heterocycles. The molecule has 90 valence electrons. The number of hydrogen-bond donors (Lipinski definition) is 2. The van der Waals surface area contributed by atoms with Crippen molar-refractivity contribution < 1.29 is 4.39 Å². The van der Waals surface area contributed by atoms with E-state index < -0.39 is 0 Å². The van der Waals surface area contributed by atoms with Gasteiger partial charge in [0.15, 0.2) is 5.65 Å². The van der Waals surface area contributed by atoms with E-state index in [0.29, 0.717) is 22.7 Å². The molecule has 0 aliphatic rings. The number of benzene rings is 1. The Morgan fingerprint density at radius 1 is 1.28 bits per heavy atom. The number of imidazole rings is 1. The first kappa shape index (κ1) is 11.2. The number of nitrogens with zero attached hydrogens (tertiary/aromatic N) is 2. The molecule has 2 aromatic heterocycles. The third-order valence-electron chi connectivity index (χ3n) is 2.57. The molecule has 3 rings (SSSR count). The average molecular weight is 307 g/mol. The van der Waals surface area contributed by atoms with Crippen molar-refractivity contribution in [1.29, 1.82) is 0 Å². The standard InChI is InChI=1S/C12H8BrFN4/c13-6-3-10-12(16-5-6)18-11(17-10)8-4-7(14)1-2-9(8)15/h1-5H,15H2,(H,16,17,18). The van der Waals surface area contributed by atoms with Crippen molar-refractivity contribution in [3.05, 3.63) is 40.8 Å². The number of aromatic nitrogens is 3.